The molecule has 4 rings (SSSR count). The Hall–Kier alpha value is -3.07. The molecular formula is C28H32N2O. The van der Waals surface area contributed by atoms with E-state index in [1.54, 1.807) is 0 Å². The highest BCUT2D eigenvalue weighted by Gasteiger charge is 2.32. The number of amides is 1. The third-order valence-electron chi connectivity index (χ3n) is 6.28. The minimum Gasteiger partial charge on any atom is -0.295 e. The summed E-state index contributed by atoms with van der Waals surface area (Å²) in [6.07, 6.45) is 1.47. The summed E-state index contributed by atoms with van der Waals surface area (Å²) in [5.74, 6) is 0.0373. The van der Waals surface area contributed by atoms with Gasteiger partial charge in [-0.1, -0.05) is 93.6 Å². The van der Waals surface area contributed by atoms with Crippen LogP contribution in [0.4, 0.5) is 5.69 Å². The Kier molecular flexibility index (Phi) is 5.86. The van der Waals surface area contributed by atoms with E-state index in [-0.39, 0.29) is 23.3 Å². The molecule has 3 aromatic rings. The molecule has 1 N–H and O–H groups in total. The van der Waals surface area contributed by atoms with Crippen molar-refractivity contribution in [2.45, 2.75) is 52.0 Å². The molecule has 1 amide bonds. The summed E-state index contributed by atoms with van der Waals surface area (Å²) in [6, 6.07) is 27.2. The molecule has 160 valence electrons. The minimum absolute atomic E-state index is 0.0642. The number of fused-ring (bicyclic) bond motifs is 1. The van der Waals surface area contributed by atoms with E-state index in [9.17, 15) is 4.79 Å². The molecule has 1 aliphatic heterocycles. The van der Waals surface area contributed by atoms with Crippen LogP contribution < -0.4 is 5.43 Å². The van der Waals surface area contributed by atoms with Gasteiger partial charge in [-0.25, -0.2) is 5.01 Å². The van der Waals surface area contributed by atoms with Crippen molar-refractivity contribution in [2.24, 2.45) is 5.92 Å². The molecule has 2 unspecified atom stereocenters. The molecule has 1 heterocycles. The second-order valence-corrected chi connectivity index (χ2v) is 9.62. The minimum atomic E-state index is -0.109. The van der Waals surface area contributed by atoms with Gasteiger partial charge in [0.2, 0.25) is 5.91 Å². The molecule has 3 nitrogen and oxygen atoms in total. The van der Waals surface area contributed by atoms with Gasteiger partial charge in [-0.3, -0.25) is 10.2 Å². The Morgan fingerprint density at radius 2 is 1.58 bits per heavy atom. The van der Waals surface area contributed by atoms with Gasteiger partial charge in [0.25, 0.3) is 0 Å². The average Bonchev–Trinajstić information content (AvgIpc) is 2.90. The first-order valence-corrected chi connectivity index (χ1v) is 11.1. The van der Waals surface area contributed by atoms with E-state index in [4.69, 9.17) is 0 Å². The molecule has 0 saturated carbocycles. The van der Waals surface area contributed by atoms with Crippen LogP contribution in [-0.2, 0) is 23.1 Å². The monoisotopic (exact) mass is 412 g/mol. The quantitative estimate of drug-likeness (QED) is 0.544. The molecule has 3 aromatic carbocycles. The van der Waals surface area contributed by atoms with E-state index < -0.39 is 0 Å². The topological polar surface area (TPSA) is 32.3 Å². The molecule has 0 fully saturated rings. The van der Waals surface area contributed by atoms with Crippen molar-refractivity contribution in [1.82, 2.24) is 5.01 Å². The lowest BCUT2D eigenvalue weighted by atomic mass is 9.85. The number of carbonyl (C=O) groups is 1. The molecule has 1 aliphatic rings. The van der Waals surface area contributed by atoms with Gasteiger partial charge in [-0.15, -0.1) is 0 Å². The standard InChI is InChI=1S/C28H32N2O/c1-20(22-10-6-5-7-11-22)30-27(31)24(19-23-12-8-9-13-26(23)29-30)18-21-14-16-25(17-15-21)28(2,3)4/h5-17,20,24,29H,18-19H2,1-4H3. The molecule has 0 aliphatic carbocycles. The first kappa shape index (κ1) is 21.2. The Balaban J connectivity index is 1.64. The smallest absolute Gasteiger partial charge is 0.245 e. The number of benzene rings is 3. The van der Waals surface area contributed by atoms with Gasteiger partial charge in [0, 0.05) is 5.92 Å². The van der Waals surface area contributed by atoms with E-state index in [0.717, 1.165) is 24.1 Å². The van der Waals surface area contributed by atoms with Gasteiger partial charge in [-0.2, -0.15) is 0 Å². The van der Waals surface area contributed by atoms with Crippen molar-refractivity contribution < 1.29 is 4.79 Å². The number of nitrogens with one attached hydrogen (secondary N) is 1. The van der Waals surface area contributed by atoms with E-state index in [2.05, 4.69) is 87.7 Å². The highest BCUT2D eigenvalue weighted by molar-refractivity contribution is 5.83. The molecule has 31 heavy (non-hydrogen) atoms. The molecule has 0 radical (unpaired) electrons. The summed E-state index contributed by atoms with van der Waals surface area (Å²) < 4.78 is 0. The van der Waals surface area contributed by atoms with Gasteiger partial charge in [0.1, 0.15) is 0 Å². The molecule has 0 spiro atoms. The number of hydrazine groups is 1. The summed E-state index contributed by atoms with van der Waals surface area (Å²) >= 11 is 0. The molecule has 0 saturated heterocycles. The van der Waals surface area contributed by atoms with Crippen molar-refractivity contribution in [1.29, 1.82) is 0 Å². The zero-order valence-corrected chi connectivity index (χ0v) is 18.9. The summed E-state index contributed by atoms with van der Waals surface area (Å²) in [6.45, 7) is 8.76. The Morgan fingerprint density at radius 1 is 0.935 bits per heavy atom. The lowest BCUT2D eigenvalue weighted by Gasteiger charge is -2.31. The maximum absolute atomic E-state index is 13.7. The Morgan fingerprint density at radius 3 is 2.26 bits per heavy atom. The molecule has 0 bridgehead atoms. The zero-order chi connectivity index (χ0) is 22.0. The maximum Gasteiger partial charge on any atom is 0.245 e. The van der Waals surface area contributed by atoms with Crippen molar-refractivity contribution >= 4 is 11.6 Å². The number of rotatable bonds is 4. The van der Waals surface area contributed by atoms with Crippen molar-refractivity contribution in [3.63, 3.8) is 0 Å². The van der Waals surface area contributed by atoms with Crippen LogP contribution >= 0.6 is 0 Å². The van der Waals surface area contributed by atoms with Crippen LogP contribution in [0.15, 0.2) is 78.9 Å². The number of para-hydroxylation sites is 1. The van der Waals surface area contributed by atoms with Gasteiger partial charge in [0.15, 0.2) is 0 Å². The summed E-state index contributed by atoms with van der Waals surface area (Å²) in [5.41, 5.74) is 9.41. The van der Waals surface area contributed by atoms with E-state index in [0.29, 0.717) is 0 Å². The van der Waals surface area contributed by atoms with Gasteiger partial charge >= 0.3 is 0 Å². The fourth-order valence-corrected chi connectivity index (χ4v) is 4.29. The third-order valence-corrected chi connectivity index (χ3v) is 6.28. The molecule has 2 atom stereocenters. The van der Waals surface area contributed by atoms with Crippen LogP contribution in [0.5, 0.6) is 0 Å². The van der Waals surface area contributed by atoms with Crippen LogP contribution in [0, 0.1) is 5.92 Å². The number of nitrogens with zero attached hydrogens (tertiary/aromatic N) is 1. The lowest BCUT2D eigenvalue weighted by Crippen LogP contribution is -2.41. The normalized spacial score (nSPS) is 17.5. The highest BCUT2D eigenvalue weighted by atomic mass is 16.2. The van der Waals surface area contributed by atoms with Gasteiger partial charge in [0.05, 0.1) is 11.7 Å². The second-order valence-electron chi connectivity index (χ2n) is 9.62. The fourth-order valence-electron chi connectivity index (χ4n) is 4.29. The van der Waals surface area contributed by atoms with Gasteiger partial charge in [-0.05, 0) is 53.5 Å². The molecular weight excluding hydrogens is 380 g/mol. The summed E-state index contributed by atoms with van der Waals surface area (Å²) in [7, 11) is 0. The summed E-state index contributed by atoms with van der Waals surface area (Å²) in [5, 5.41) is 1.83. The summed E-state index contributed by atoms with van der Waals surface area (Å²) in [4.78, 5) is 13.7. The van der Waals surface area contributed by atoms with Crippen LogP contribution in [0.25, 0.3) is 0 Å². The van der Waals surface area contributed by atoms with E-state index >= 15 is 0 Å². The maximum atomic E-state index is 13.7. The van der Waals surface area contributed by atoms with Crippen LogP contribution in [0.3, 0.4) is 0 Å². The van der Waals surface area contributed by atoms with Crippen LogP contribution in [-0.4, -0.2) is 10.9 Å². The van der Waals surface area contributed by atoms with Crippen molar-refractivity contribution in [3.8, 4) is 0 Å². The second kappa shape index (κ2) is 8.58. The van der Waals surface area contributed by atoms with Crippen LogP contribution in [0.1, 0.15) is 56.0 Å². The van der Waals surface area contributed by atoms with Crippen molar-refractivity contribution in [2.75, 3.05) is 5.43 Å². The first-order chi connectivity index (χ1) is 14.8. The fraction of sp³-hybridized carbons (Fsp3) is 0.321. The number of hydrogen-bond acceptors (Lipinski definition) is 2. The van der Waals surface area contributed by atoms with E-state index in [1.165, 1.54) is 16.7 Å². The number of carbonyl (C=O) groups excluding carboxylic acids is 1. The average molecular weight is 413 g/mol. The van der Waals surface area contributed by atoms with Crippen molar-refractivity contribution in [3.05, 3.63) is 101 Å². The predicted molar refractivity (Wildman–Crippen MR) is 128 cm³/mol. The number of hydrogen-bond donors (Lipinski definition) is 1. The SMILES string of the molecule is CC(c1ccccc1)N1Nc2ccccc2CC(Cc2ccc(C(C)(C)C)cc2)C1=O. The van der Waals surface area contributed by atoms with E-state index in [1.807, 2.05) is 29.3 Å². The predicted octanol–water partition coefficient (Wildman–Crippen LogP) is 6.32. The van der Waals surface area contributed by atoms with Gasteiger partial charge < -0.3 is 0 Å². The Labute approximate surface area is 186 Å². The molecule has 3 heteroatoms. The largest absolute Gasteiger partial charge is 0.295 e. The zero-order valence-electron chi connectivity index (χ0n) is 18.9. The van der Waals surface area contributed by atoms with Crippen LogP contribution in [0.2, 0.25) is 0 Å². The third kappa shape index (κ3) is 4.66. The Bertz CT molecular complexity index is 1030. The lowest BCUT2D eigenvalue weighted by molar-refractivity contribution is -0.135. The highest BCUT2D eigenvalue weighted by Crippen LogP contribution is 2.32. The first-order valence-electron chi connectivity index (χ1n) is 11.1. The number of anilines is 1. The molecule has 0 aromatic heterocycles.